The van der Waals surface area contributed by atoms with Crippen LogP contribution in [0, 0.1) is 0 Å². The van der Waals surface area contributed by atoms with E-state index in [-0.39, 0.29) is 60.4 Å². The molecular weight excluding hydrogens is 519 g/mol. The number of nitrogens with two attached hydrogens (primary N) is 1. The van der Waals surface area contributed by atoms with Crippen molar-refractivity contribution in [2.45, 2.75) is 6.61 Å². The molecule has 0 unspecified atom stereocenters. The number of rotatable bonds is 6. The van der Waals surface area contributed by atoms with Gasteiger partial charge in [0.25, 0.3) is 5.91 Å². The Labute approximate surface area is 210 Å². The van der Waals surface area contributed by atoms with Crippen molar-refractivity contribution in [3.8, 4) is 5.75 Å². The maximum absolute atomic E-state index is 13.8. The predicted octanol–water partition coefficient (Wildman–Crippen LogP) is 6.56. The molecule has 182 valence electrons. The van der Waals surface area contributed by atoms with Gasteiger partial charge in [-0.05, 0) is 36.4 Å². The molecule has 0 aliphatic carbocycles. The summed E-state index contributed by atoms with van der Waals surface area (Å²) in [7, 11) is 0. The highest BCUT2D eigenvalue weighted by atomic mass is 35.5. The predicted molar refractivity (Wildman–Crippen MR) is 128 cm³/mol. The summed E-state index contributed by atoms with van der Waals surface area (Å²) < 4.78 is 41.6. The number of alkyl halides is 2. The molecule has 2 amide bonds. The fourth-order valence-corrected chi connectivity index (χ4v) is 4.37. The van der Waals surface area contributed by atoms with E-state index in [1.807, 2.05) is 0 Å². The molecule has 0 aliphatic heterocycles. The van der Waals surface area contributed by atoms with Gasteiger partial charge in [-0.1, -0.05) is 23.2 Å². The number of carbonyl (C=O) groups is 2. The average molecular weight is 532 g/mol. The van der Waals surface area contributed by atoms with Crippen molar-refractivity contribution in [3.63, 3.8) is 0 Å². The summed E-state index contributed by atoms with van der Waals surface area (Å²) in [5, 5.41) is 0.573. The molecule has 12 heteroatoms. The maximum Gasteiger partial charge on any atom is 0.387 e. The molecule has 2 N–H and O–H groups in total. The van der Waals surface area contributed by atoms with Gasteiger partial charge in [0.05, 0.1) is 27.6 Å². The molecule has 0 spiro atoms. The van der Waals surface area contributed by atoms with Gasteiger partial charge in [0.2, 0.25) is 11.8 Å². The molecule has 0 aliphatic rings. The second-order valence-electron chi connectivity index (χ2n) is 7.41. The van der Waals surface area contributed by atoms with Crippen molar-refractivity contribution >= 4 is 68.5 Å². The van der Waals surface area contributed by atoms with Gasteiger partial charge in [0.15, 0.2) is 11.3 Å². The van der Waals surface area contributed by atoms with Gasteiger partial charge >= 0.3 is 6.61 Å². The number of ether oxygens (including phenoxy) is 1. The van der Waals surface area contributed by atoms with E-state index in [9.17, 15) is 18.4 Å². The summed E-state index contributed by atoms with van der Waals surface area (Å²) in [5.41, 5.74) is 5.84. The first-order valence-corrected chi connectivity index (χ1v) is 10.9. The van der Waals surface area contributed by atoms with Crippen LogP contribution < -0.4 is 15.4 Å². The number of nitrogens with zero attached hydrogens (tertiary/aromatic N) is 2. The van der Waals surface area contributed by atoms with Crippen molar-refractivity contribution in [3.05, 3.63) is 82.3 Å². The number of carbonyl (C=O) groups excluding carboxylic acids is 2. The monoisotopic (exact) mass is 531 g/mol. The van der Waals surface area contributed by atoms with Crippen LogP contribution >= 0.6 is 23.2 Å². The molecule has 36 heavy (non-hydrogen) atoms. The number of benzene rings is 2. The molecule has 0 fully saturated rings. The standard InChI is InChI=1S/C24H13Cl2F2N3O5/c25-14-9-30-10-15(26)20(14)31(18-2-1-7-34-18)23(33)11-3-5-16-13(8-11)19-12(22(29)32)4-6-17(21(19)35-16)36-24(27)28/h1-10,24H,(H2,29,32). The number of hydrogen-bond acceptors (Lipinski definition) is 6. The molecule has 0 bridgehead atoms. The van der Waals surface area contributed by atoms with Crippen LogP contribution in [0.1, 0.15) is 20.7 Å². The van der Waals surface area contributed by atoms with Crippen molar-refractivity contribution in [2.75, 3.05) is 4.90 Å². The van der Waals surface area contributed by atoms with E-state index in [1.165, 1.54) is 49.0 Å². The molecular formula is C24H13Cl2F2N3O5. The largest absolute Gasteiger partial charge is 0.452 e. The number of hydrogen-bond donors (Lipinski definition) is 1. The first-order valence-electron chi connectivity index (χ1n) is 10.2. The lowest BCUT2D eigenvalue weighted by molar-refractivity contribution is -0.0493. The van der Waals surface area contributed by atoms with Crippen LogP contribution in [0.25, 0.3) is 21.9 Å². The number of primary amides is 1. The number of halogens is 4. The highest BCUT2D eigenvalue weighted by Crippen LogP contribution is 2.41. The summed E-state index contributed by atoms with van der Waals surface area (Å²) >= 11 is 12.6. The van der Waals surface area contributed by atoms with Crippen LogP contribution in [0.5, 0.6) is 5.75 Å². The number of amides is 2. The zero-order valence-corrected chi connectivity index (χ0v) is 19.4. The number of aromatic nitrogens is 1. The third-order valence-electron chi connectivity index (χ3n) is 5.29. The maximum atomic E-state index is 13.8. The van der Waals surface area contributed by atoms with E-state index in [1.54, 1.807) is 6.07 Å². The Kier molecular flexibility index (Phi) is 5.99. The number of furan rings is 2. The molecule has 5 aromatic rings. The van der Waals surface area contributed by atoms with E-state index in [2.05, 4.69) is 9.72 Å². The first-order chi connectivity index (χ1) is 17.3. The molecule has 3 heterocycles. The van der Waals surface area contributed by atoms with Gasteiger partial charge in [-0.2, -0.15) is 8.78 Å². The average Bonchev–Trinajstić information content (AvgIpc) is 3.49. The Morgan fingerprint density at radius 3 is 2.47 bits per heavy atom. The Morgan fingerprint density at radius 1 is 1.08 bits per heavy atom. The normalized spacial score (nSPS) is 11.4. The fraction of sp³-hybridized carbons (Fsp3) is 0.0417. The highest BCUT2D eigenvalue weighted by molar-refractivity contribution is 6.40. The molecule has 0 radical (unpaired) electrons. The fourth-order valence-electron chi connectivity index (χ4n) is 3.84. The van der Waals surface area contributed by atoms with Crippen molar-refractivity contribution < 1.29 is 31.9 Å². The topological polar surface area (TPSA) is 112 Å². The van der Waals surface area contributed by atoms with Crippen LogP contribution in [0.4, 0.5) is 20.4 Å². The Morgan fingerprint density at radius 2 is 1.83 bits per heavy atom. The van der Waals surface area contributed by atoms with E-state index in [0.29, 0.717) is 0 Å². The zero-order chi connectivity index (χ0) is 25.6. The molecule has 0 saturated heterocycles. The van der Waals surface area contributed by atoms with Crippen LogP contribution in [-0.4, -0.2) is 23.4 Å². The summed E-state index contributed by atoms with van der Waals surface area (Å²) in [4.78, 5) is 30.9. The van der Waals surface area contributed by atoms with Gasteiger partial charge in [-0.3, -0.25) is 14.6 Å². The summed E-state index contributed by atoms with van der Waals surface area (Å²) in [6, 6.07) is 9.86. The van der Waals surface area contributed by atoms with E-state index in [0.717, 1.165) is 11.0 Å². The minimum Gasteiger partial charge on any atom is -0.452 e. The second-order valence-corrected chi connectivity index (χ2v) is 8.23. The number of pyridine rings is 1. The molecule has 8 nitrogen and oxygen atoms in total. The Hall–Kier alpha value is -4.15. The molecule has 0 saturated carbocycles. The second kappa shape index (κ2) is 9.14. The van der Waals surface area contributed by atoms with Gasteiger partial charge in [-0.25, -0.2) is 4.90 Å². The quantitative estimate of drug-likeness (QED) is 0.265. The highest BCUT2D eigenvalue weighted by Gasteiger charge is 2.28. The van der Waals surface area contributed by atoms with Crippen molar-refractivity contribution in [1.82, 2.24) is 4.98 Å². The summed E-state index contributed by atoms with van der Waals surface area (Å²) in [6.45, 7) is -3.13. The minimum absolute atomic E-state index is 0.00178. The lowest BCUT2D eigenvalue weighted by Gasteiger charge is -2.22. The molecule has 2 aromatic carbocycles. The molecule has 5 rings (SSSR count). The van der Waals surface area contributed by atoms with Crippen LogP contribution in [0.2, 0.25) is 10.0 Å². The number of anilines is 2. The Balaban J connectivity index is 1.72. The smallest absolute Gasteiger partial charge is 0.387 e. The van der Waals surface area contributed by atoms with Gasteiger partial charge in [0, 0.05) is 34.8 Å². The summed E-state index contributed by atoms with van der Waals surface area (Å²) in [6.07, 6.45) is 4.01. The lowest BCUT2D eigenvalue weighted by Crippen LogP contribution is -2.26. The third kappa shape index (κ3) is 4.00. The van der Waals surface area contributed by atoms with Gasteiger partial charge in [-0.15, -0.1) is 0 Å². The zero-order valence-electron chi connectivity index (χ0n) is 17.9. The van der Waals surface area contributed by atoms with Crippen molar-refractivity contribution in [1.29, 1.82) is 0 Å². The molecule has 3 aromatic heterocycles. The van der Waals surface area contributed by atoms with Crippen LogP contribution in [-0.2, 0) is 0 Å². The SMILES string of the molecule is NC(=O)c1ccc(OC(F)F)c2oc3ccc(C(=O)N(c4ccco4)c4c(Cl)cncc4Cl)cc3c12. The van der Waals surface area contributed by atoms with Gasteiger partial charge in [0.1, 0.15) is 5.58 Å². The molecule has 0 atom stereocenters. The van der Waals surface area contributed by atoms with E-state index >= 15 is 0 Å². The first kappa shape index (κ1) is 23.6. The van der Waals surface area contributed by atoms with Crippen molar-refractivity contribution in [2.24, 2.45) is 5.73 Å². The van der Waals surface area contributed by atoms with Crippen LogP contribution in [0.3, 0.4) is 0 Å². The lowest BCUT2D eigenvalue weighted by atomic mass is 10.0. The van der Waals surface area contributed by atoms with E-state index < -0.39 is 18.4 Å². The van der Waals surface area contributed by atoms with Crippen LogP contribution in [0.15, 0.2) is 70.0 Å². The summed E-state index contributed by atoms with van der Waals surface area (Å²) in [5.74, 6) is -1.59. The van der Waals surface area contributed by atoms with E-state index in [4.69, 9.17) is 37.8 Å². The van der Waals surface area contributed by atoms with Gasteiger partial charge < -0.3 is 19.3 Å². The number of fused-ring (bicyclic) bond motifs is 3. The minimum atomic E-state index is -3.13. The third-order valence-corrected chi connectivity index (χ3v) is 5.85. The Bertz CT molecular complexity index is 1620.